The standard InChI is InChI=1S/C22H19N3O3S2/c1-13(20(27)25-15-5-7-16(26)8-6-15)30-22-19-18(11-29-21(19)23-12-24-22)14-3-9-17(28-2)10-4-14/h3-13,26H,1-2H3,(H,25,27). The van der Waals surface area contributed by atoms with Crippen LogP contribution in [0.15, 0.2) is 65.3 Å². The largest absolute Gasteiger partial charge is 0.508 e. The predicted octanol–water partition coefficient (Wildman–Crippen LogP) is 5.19. The van der Waals surface area contributed by atoms with Crippen molar-refractivity contribution in [1.29, 1.82) is 0 Å². The Morgan fingerprint density at radius 2 is 1.87 bits per heavy atom. The van der Waals surface area contributed by atoms with Crippen molar-refractivity contribution in [2.75, 3.05) is 12.4 Å². The smallest absolute Gasteiger partial charge is 0.237 e. The Hall–Kier alpha value is -3.10. The fourth-order valence-electron chi connectivity index (χ4n) is 2.93. The van der Waals surface area contributed by atoms with Gasteiger partial charge in [-0.3, -0.25) is 4.79 Å². The Labute approximate surface area is 182 Å². The molecule has 1 amide bonds. The minimum atomic E-state index is -0.375. The molecule has 0 spiro atoms. The fourth-order valence-corrected chi connectivity index (χ4v) is 4.84. The number of thioether (sulfide) groups is 1. The van der Waals surface area contributed by atoms with Gasteiger partial charge in [-0.25, -0.2) is 9.97 Å². The summed E-state index contributed by atoms with van der Waals surface area (Å²) in [6, 6.07) is 14.2. The van der Waals surface area contributed by atoms with Gasteiger partial charge in [-0.15, -0.1) is 11.3 Å². The lowest BCUT2D eigenvalue weighted by Crippen LogP contribution is -2.22. The Bertz CT molecular complexity index is 1170. The lowest BCUT2D eigenvalue weighted by molar-refractivity contribution is -0.115. The number of methoxy groups -OCH3 is 1. The number of benzene rings is 2. The van der Waals surface area contributed by atoms with Gasteiger partial charge in [0.15, 0.2) is 0 Å². The molecule has 152 valence electrons. The van der Waals surface area contributed by atoms with Crippen molar-refractivity contribution in [2.24, 2.45) is 0 Å². The molecular formula is C22H19N3O3S2. The molecule has 2 aromatic carbocycles. The number of thiophene rings is 1. The molecule has 0 saturated heterocycles. The van der Waals surface area contributed by atoms with Gasteiger partial charge in [-0.05, 0) is 48.9 Å². The summed E-state index contributed by atoms with van der Waals surface area (Å²) in [5, 5.41) is 15.6. The van der Waals surface area contributed by atoms with Crippen molar-refractivity contribution in [2.45, 2.75) is 17.2 Å². The van der Waals surface area contributed by atoms with E-state index in [2.05, 4.69) is 20.7 Å². The zero-order valence-electron chi connectivity index (χ0n) is 16.3. The molecule has 0 aliphatic rings. The van der Waals surface area contributed by atoms with Crippen LogP contribution in [0.2, 0.25) is 0 Å². The van der Waals surface area contributed by atoms with E-state index < -0.39 is 0 Å². The second-order valence-electron chi connectivity index (χ2n) is 6.53. The number of hydrogen-bond donors (Lipinski definition) is 2. The molecule has 0 aliphatic carbocycles. The van der Waals surface area contributed by atoms with Crippen LogP contribution < -0.4 is 10.1 Å². The Balaban J connectivity index is 1.59. The third-order valence-electron chi connectivity index (χ3n) is 4.53. The van der Waals surface area contributed by atoms with E-state index in [0.29, 0.717) is 5.69 Å². The first-order valence-electron chi connectivity index (χ1n) is 9.18. The Morgan fingerprint density at radius 3 is 2.57 bits per heavy atom. The summed E-state index contributed by atoms with van der Waals surface area (Å²) in [6.45, 7) is 1.84. The normalized spacial score (nSPS) is 11.9. The predicted molar refractivity (Wildman–Crippen MR) is 121 cm³/mol. The van der Waals surface area contributed by atoms with E-state index in [9.17, 15) is 9.90 Å². The third-order valence-corrected chi connectivity index (χ3v) is 6.52. The molecule has 1 unspecified atom stereocenters. The van der Waals surface area contributed by atoms with E-state index in [1.165, 1.54) is 30.2 Å². The summed E-state index contributed by atoms with van der Waals surface area (Å²) < 4.78 is 5.25. The molecule has 0 aliphatic heterocycles. The van der Waals surface area contributed by atoms with Crippen LogP contribution in [0.25, 0.3) is 21.3 Å². The van der Waals surface area contributed by atoms with Crippen LogP contribution >= 0.6 is 23.1 Å². The summed E-state index contributed by atoms with van der Waals surface area (Å²) in [4.78, 5) is 22.4. The number of aromatic hydroxyl groups is 1. The lowest BCUT2D eigenvalue weighted by Gasteiger charge is -2.13. The van der Waals surface area contributed by atoms with E-state index >= 15 is 0 Å². The molecular weight excluding hydrogens is 418 g/mol. The van der Waals surface area contributed by atoms with Crippen molar-refractivity contribution in [3.8, 4) is 22.6 Å². The fraction of sp³-hybridized carbons (Fsp3) is 0.136. The van der Waals surface area contributed by atoms with Gasteiger partial charge in [0.1, 0.15) is 27.7 Å². The molecule has 0 bridgehead atoms. The summed E-state index contributed by atoms with van der Waals surface area (Å²) in [5.41, 5.74) is 2.71. The van der Waals surface area contributed by atoms with Crippen molar-refractivity contribution < 1.29 is 14.6 Å². The van der Waals surface area contributed by atoms with Crippen molar-refractivity contribution >= 4 is 44.9 Å². The van der Waals surface area contributed by atoms with Crippen LogP contribution in [-0.4, -0.2) is 33.3 Å². The van der Waals surface area contributed by atoms with Gasteiger partial charge < -0.3 is 15.2 Å². The number of nitrogens with one attached hydrogen (secondary N) is 1. The van der Waals surface area contributed by atoms with Crippen molar-refractivity contribution in [3.05, 3.63) is 60.2 Å². The number of nitrogens with zero attached hydrogens (tertiary/aromatic N) is 2. The van der Waals surface area contributed by atoms with Crippen molar-refractivity contribution in [3.63, 3.8) is 0 Å². The van der Waals surface area contributed by atoms with Crippen LogP contribution in [0.5, 0.6) is 11.5 Å². The number of carbonyl (C=O) groups is 1. The molecule has 0 saturated carbocycles. The summed E-state index contributed by atoms with van der Waals surface area (Å²) >= 11 is 2.95. The van der Waals surface area contributed by atoms with E-state index in [4.69, 9.17) is 4.74 Å². The van der Waals surface area contributed by atoms with Crippen LogP contribution in [0.1, 0.15) is 6.92 Å². The van der Waals surface area contributed by atoms with Crippen LogP contribution in [0.4, 0.5) is 5.69 Å². The number of phenols is 1. The minimum Gasteiger partial charge on any atom is -0.508 e. The number of rotatable bonds is 6. The maximum atomic E-state index is 12.7. The average Bonchev–Trinajstić information content (AvgIpc) is 3.20. The number of aromatic nitrogens is 2. The molecule has 4 aromatic rings. The van der Waals surface area contributed by atoms with Crippen LogP contribution in [0.3, 0.4) is 0 Å². The molecule has 0 radical (unpaired) electrons. The average molecular weight is 438 g/mol. The number of anilines is 1. The molecule has 2 aromatic heterocycles. The van der Waals surface area contributed by atoms with Gasteiger partial charge in [0.05, 0.1) is 17.7 Å². The highest BCUT2D eigenvalue weighted by molar-refractivity contribution is 8.00. The number of ether oxygens (including phenoxy) is 1. The first-order valence-corrected chi connectivity index (χ1v) is 10.9. The molecule has 0 fully saturated rings. The summed E-state index contributed by atoms with van der Waals surface area (Å²) in [6.07, 6.45) is 1.53. The molecule has 30 heavy (non-hydrogen) atoms. The van der Waals surface area contributed by atoms with Gasteiger partial charge in [0.25, 0.3) is 0 Å². The number of hydrogen-bond acceptors (Lipinski definition) is 7. The van der Waals surface area contributed by atoms with Crippen LogP contribution in [0, 0.1) is 0 Å². The highest BCUT2D eigenvalue weighted by Gasteiger charge is 2.20. The highest BCUT2D eigenvalue weighted by atomic mass is 32.2. The zero-order valence-corrected chi connectivity index (χ0v) is 18.0. The Morgan fingerprint density at radius 1 is 1.13 bits per heavy atom. The molecule has 6 nitrogen and oxygen atoms in total. The van der Waals surface area contributed by atoms with E-state index in [-0.39, 0.29) is 16.9 Å². The van der Waals surface area contributed by atoms with Gasteiger partial charge in [-0.1, -0.05) is 23.9 Å². The van der Waals surface area contributed by atoms with Gasteiger partial charge in [0.2, 0.25) is 5.91 Å². The maximum absolute atomic E-state index is 12.7. The molecule has 1 atom stereocenters. The first-order chi connectivity index (χ1) is 14.5. The monoisotopic (exact) mass is 437 g/mol. The van der Waals surface area contributed by atoms with Crippen molar-refractivity contribution in [1.82, 2.24) is 9.97 Å². The molecule has 2 N–H and O–H groups in total. The van der Waals surface area contributed by atoms with E-state index in [0.717, 1.165) is 32.1 Å². The summed E-state index contributed by atoms with van der Waals surface area (Å²) in [7, 11) is 1.64. The maximum Gasteiger partial charge on any atom is 0.237 e. The number of amides is 1. The van der Waals surface area contributed by atoms with E-state index in [1.54, 1.807) is 30.6 Å². The van der Waals surface area contributed by atoms with E-state index in [1.807, 2.05) is 31.2 Å². The van der Waals surface area contributed by atoms with Gasteiger partial charge >= 0.3 is 0 Å². The molecule has 4 rings (SSSR count). The summed E-state index contributed by atoms with van der Waals surface area (Å²) in [5.74, 6) is 0.810. The lowest BCUT2D eigenvalue weighted by atomic mass is 10.1. The first kappa shape index (κ1) is 20.2. The third kappa shape index (κ3) is 4.24. The molecule has 8 heteroatoms. The second-order valence-corrected chi connectivity index (χ2v) is 8.72. The number of fused-ring (bicyclic) bond motifs is 1. The zero-order chi connectivity index (χ0) is 21.1. The molecule has 2 heterocycles. The van der Waals surface area contributed by atoms with Gasteiger partial charge in [-0.2, -0.15) is 0 Å². The quantitative estimate of drug-likeness (QED) is 0.245. The van der Waals surface area contributed by atoms with Crippen LogP contribution in [-0.2, 0) is 4.79 Å². The SMILES string of the molecule is COc1ccc(-c2csc3ncnc(SC(C)C(=O)Nc4ccc(O)cc4)c23)cc1. The highest BCUT2D eigenvalue weighted by Crippen LogP contribution is 2.39. The number of carbonyl (C=O) groups excluding carboxylic acids is 1. The number of phenolic OH excluding ortho intramolecular Hbond substituents is 1. The topological polar surface area (TPSA) is 84.3 Å². The Kier molecular flexibility index (Phi) is 5.87. The second kappa shape index (κ2) is 8.73. The van der Waals surface area contributed by atoms with Gasteiger partial charge in [0, 0.05) is 16.6 Å². The minimum absolute atomic E-state index is 0.140.